The summed E-state index contributed by atoms with van der Waals surface area (Å²) < 4.78 is 0. The van der Waals surface area contributed by atoms with Crippen LogP contribution in [-0.2, 0) is 0 Å². The number of H-pyrrole nitrogens is 1. The third-order valence-corrected chi connectivity index (χ3v) is 3.64. The molecule has 0 aliphatic carbocycles. The lowest BCUT2D eigenvalue weighted by atomic mass is 10.1. The molecule has 1 aliphatic rings. The van der Waals surface area contributed by atoms with Gasteiger partial charge in [-0.3, -0.25) is 0 Å². The normalized spacial score (nSPS) is 14.7. The number of rotatable bonds is 4. The number of imidazole rings is 1. The van der Waals surface area contributed by atoms with E-state index in [9.17, 15) is 5.11 Å². The first-order valence-electron chi connectivity index (χ1n) is 7.67. The molecule has 3 heterocycles. The van der Waals surface area contributed by atoms with Crippen LogP contribution in [0.15, 0.2) is 17.3 Å². The van der Waals surface area contributed by atoms with Crippen LogP contribution >= 0.6 is 0 Å². The van der Waals surface area contributed by atoms with E-state index < -0.39 is 0 Å². The molecule has 0 atom stereocenters. The van der Waals surface area contributed by atoms with Gasteiger partial charge in [-0.05, 0) is 30.5 Å². The van der Waals surface area contributed by atoms with Crippen LogP contribution < -0.4 is 4.90 Å². The molecule has 0 fully saturated rings. The average molecular weight is 311 g/mol. The van der Waals surface area contributed by atoms with Gasteiger partial charge in [0.15, 0.2) is 5.82 Å². The second-order valence-corrected chi connectivity index (χ2v) is 6.31. The van der Waals surface area contributed by atoms with Gasteiger partial charge in [0.2, 0.25) is 11.8 Å². The fraction of sp³-hybridized carbons (Fsp3) is 0.353. The van der Waals surface area contributed by atoms with E-state index in [0.717, 1.165) is 23.2 Å². The Morgan fingerprint density at radius 3 is 2.91 bits per heavy atom. The summed E-state index contributed by atoms with van der Waals surface area (Å²) in [6.07, 6.45) is 5.41. The quantitative estimate of drug-likeness (QED) is 0.909. The number of aromatic hydroxyl groups is 1. The summed E-state index contributed by atoms with van der Waals surface area (Å²) in [7, 11) is 1.95. The molecule has 0 saturated carbocycles. The first kappa shape index (κ1) is 15.3. The maximum atomic E-state index is 10.1. The monoisotopic (exact) mass is 311 g/mol. The second-order valence-electron chi connectivity index (χ2n) is 6.31. The number of pyridine rings is 1. The van der Waals surface area contributed by atoms with Gasteiger partial charge in [-0.25, -0.2) is 9.98 Å². The Balaban J connectivity index is 1.92. The molecule has 23 heavy (non-hydrogen) atoms. The van der Waals surface area contributed by atoms with Crippen LogP contribution in [0.2, 0.25) is 0 Å². The van der Waals surface area contributed by atoms with E-state index in [0.29, 0.717) is 23.4 Å². The summed E-state index contributed by atoms with van der Waals surface area (Å²) in [5.74, 6) is 1.86. The predicted molar refractivity (Wildman–Crippen MR) is 93.4 cm³/mol. The number of aromatic amines is 1. The van der Waals surface area contributed by atoms with Gasteiger partial charge in [-0.2, -0.15) is 4.98 Å². The predicted octanol–water partition coefficient (Wildman–Crippen LogP) is 3.17. The van der Waals surface area contributed by atoms with Gasteiger partial charge >= 0.3 is 0 Å². The molecule has 6 nitrogen and oxygen atoms in total. The summed E-state index contributed by atoms with van der Waals surface area (Å²) in [5, 5.41) is 10.1. The molecule has 0 radical (unpaired) electrons. The van der Waals surface area contributed by atoms with Crippen molar-refractivity contribution >= 4 is 29.6 Å². The van der Waals surface area contributed by atoms with Gasteiger partial charge in [0.25, 0.3) is 0 Å². The van der Waals surface area contributed by atoms with Crippen LogP contribution in [0.3, 0.4) is 0 Å². The van der Waals surface area contributed by atoms with E-state index in [4.69, 9.17) is 0 Å². The molecular weight excluding hydrogens is 290 g/mol. The van der Waals surface area contributed by atoms with Crippen LogP contribution in [-0.4, -0.2) is 39.9 Å². The molecule has 2 N–H and O–H groups in total. The van der Waals surface area contributed by atoms with Crippen molar-refractivity contribution in [3.63, 3.8) is 0 Å². The number of fused-ring (bicyclic) bond motifs is 1. The Labute approximate surface area is 135 Å². The number of hydrogen-bond acceptors (Lipinski definition) is 5. The van der Waals surface area contributed by atoms with E-state index in [1.54, 1.807) is 12.4 Å². The topological polar surface area (TPSA) is 77.4 Å². The number of anilines is 1. The first-order valence-corrected chi connectivity index (χ1v) is 7.67. The maximum absolute atomic E-state index is 10.1. The molecule has 0 unspecified atom stereocenters. The summed E-state index contributed by atoms with van der Waals surface area (Å²) in [4.78, 5) is 18.0. The Bertz CT molecular complexity index is 788. The third kappa shape index (κ3) is 3.11. The van der Waals surface area contributed by atoms with Crippen molar-refractivity contribution in [2.45, 2.75) is 20.8 Å². The first-order chi connectivity index (χ1) is 10.9. The van der Waals surface area contributed by atoms with Gasteiger partial charge < -0.3 is 15.0 Å². The Hall–Kier alpha value is -2.63. The standard InChI is InChI=1S/C17H21N5O/c1-10(2)9-22(4)17-20-14(16(23)21-17)6-12-8-19-15-13(12)5-11(3)7-18-15/h5-8,10,23H,9H2,1-4H3,(H,20,21)/b12-6-. The molecular formula is C17H21N5O. The molecule has 120 valence electrons. The molecule has 2 aromatic rings. The highest BCUT2D eigenvalue weighted by atomic mass is 16.3. The second kappa shape index (κ2) is 5.87. The van der Waals surface area contributed by atoms with E-state index in [1.165, 1.54) is 0 Å². The Morgan fingerprint density at radius 1 is 1.39 bits per heavy atom. The minimum atomic E-state index is -0.00873. The molecule has 0 aromatic carbocycles. The van der Waals surface area contributed by atoms with Crippen molar-refractivity contribution < 1.29 is 5.11 Å². The zero-order valence-corrected chi connectivity index (χ0v) is 13.8. The lowest BCUT2D eigenvalue weighted by Gasteiger charge is -2.17. The van der Waals surface area contributed by atoms with Gasteiger partial charge in [-0.15, -0.1) is 0 Å². The van der Waals surface area contributed by atoms with Crippen molar-refractivity contribution in [3.05, 3.63) is 29.1 Å². The highest BCUT2D eigenvalue weighted by Gasteiger charge is 2.17. The van der Waals surface area contributed by atoms with Crippen LogP contribution in [0.4, 0.5) is 11.8 Å². The highest BCUT2D eigenvalue weighted by Crippen LogP contribution is 2.32. The molecule has 0 spiro atoms. The van der Waals surface area contributed by atoms with Crippen molar-refractivity contribution in [3.8, 4) is 5.88 Å². The van der Waals surface area contributed by atoms with E-state index in [2.05, 4.69) is 33.8 Å². The maximum Gasteiger partial charge on any atom is 0.238 e. The highest BCUT2D eigenvalue weighted by molar-refractivity contribution is 6.21. The van der Waals surface area contributed by atoms with Gasteiger partial charge in [0.05, 0.1) is 0 Å². The molecule has 0 bridgehead atoms. The van der Waals surface area contributed by atoms with Crippen molar-refractivity contribution in [1.29, 1.82) is 0 Å². The molecule has 0 saturated heterocycles. The SMILES string of the molecule is Cc1cnc2c(c1)/C(=C\c1[nH]c(N(C)CC(C)C)nc1O)C=N2. The van der Waals surface area contributed by atoms with Crippen LogP contribution in [0.5, 0.6) is 5.88 Å². The van der Waals surface area contributed by atoms with Gasteiger partial charge in [-0.1, -0.05) is 13.8 Å². The number of nitrogens with one attached hydrogen (secondary N) is 1. The number of nitrogens with zero attached hydrogens (tertiary/aromatic N) is 4. The summed E-state index contributed by atoms with van der Waals surface area (Å²) >= 11 is 0. The Morgan fingerprint density at radius 2 is 2.17 bits per heavy atom. The van der Waals surface area contributed by atoms with E-state index in [1.807, 2.05) is 31.0 Å². The Kier molecular flexibility index (Phi) is 3.90. The number of aryl methyl sites for hydroxylation is 1. The minimum absolute atomic E-state index is 0.00873. The summed E-state index contributed by atoms with van der Waals surface area (Å²) in [6, 6.07) is 2.04. The number of aliphatic imine (C=N–C) groups is 1. The minimum Gasteiger partial charge on any atom is -0.492 e. The smallest absolute Gasteiger partial charge is 0.238 e. The van der Waals surface area contributed by atoms with Crippen molar-refractivity contribution in [2.75, 3.05) is 18.5 Å². The summed E-state index contributed by atoms with van der Waals surface area (Å²) in [6.45, 7) is 7.14. The number of allylic oxidation sites excluding steroid dienone is 1. The third-order valence-electron chi connectivity index (χ3n) is 3.64. The van der Waals surface area contributed by atoms with Crippen LogP contribution in [0, 0.1) is 12.8 Å². The molecule has 2 aromatic heterocycles. The van der Waals surface area contributed by atoms with Crippen molar-refractivity contribution in [1.82, 2.24) is 15.0 Å². The molecule has 1 aliphatic heterocycles. The average Bonchev–Trinajstić information content (AvgIpc) is 3.03. The fourth-order valence-electron chi connectivity index (χ4n) is 2.63. The largest absolute Gasteiger partial charge is 0.492 e. The summed E-state index contributed by atoms with van der Waals surface area (Å²) in [5.41, 5.74) is 3.53. The van der Waals surface area contributed by atoms with Crippen molar-refractivity contribution in [2.24, 2.45) is 10.9 Å². The van der Waals surface area contributed by atoms with Crippen LogP contribution in [0.25, 0.3) is 11.6 Å². The number of hydrogen-bond donors (Lipinski definition) is 2. The van der Waals surface area contributed by atoms with E-state index in [-0.39, 0.29) is 5.88 Å². The lowest BCUT2D eigenvalue weighted by Crippen LogP contribution is -2.23. The molecule has 0 amide bonds. The van der Waals surface area contributed by atoms with Gasteiger partial charge in [0.1, 0.15) is 5.69 Å². The fourth-order valence-corrected chi connectivity index (χ4v) is 2.63. The molecule has 3 rings (SSSR count). The number of aromatic nitrogens is 3. The van der Waals surface area contributed by atoms with Crippen LogP contribution in [0.1, 0.15) is 30.7 Å². The van der Waals surface area contributed by atoms with Gasteiger partial charge in [0, 0.05) is 37.1 Å². The zero-order chi connectivity index (χ0) is 16.6. The zero-order valence-electron chi connectivity index (χ0n) is 13.8. The van der Waals surface area contributed by atoms with E-state index >= 15 is 0 Å². The lowest BCUT2D eigenvalue weighted by molar-refractivity contribution is 0.455. The molecule has 6 heteroatoms.